The molecule has 2 aromatic carbocycles. The van der Waals surface area contributed by atoms with Crippen LogP contribution < -0.4 is 10.1 Å². The van der Waals surface area contributed by atoms with E-state index in [1.165, 1.54) is 11.8 Å². The van der Waals surface area contributed by atoms with Crippen molar-refractivity contribution in [2.75, 3.05) is 24.7 Å². The highest BCUT2D eigenvalue weighted by molar-refractivity contribution is 8.14. The third kappa shape index (κ3) is 5.48. The molecule has 2 aromatic rings. The zero-order chi connectivity index (χ0) is 19.2. The van der Waals surface area contributed by atoms with Crippen molar-refractivity contribution in [1.82, 2.24) is 5.01 Å². The van der Waals surface area contributed by atoms with Gasteiger partial charge in [0.1, 0.15) is 12.3 Å². The summed E-state index contributed by atoms with van der Waals surface area (Å²) in [6.45, 7) is 2.33. The topological polar surface area (TPSA) is 66.3 Å². The van der Waals surface area contributed by atoms with E-state index in [2.05, 4.69) is 15.4 Å². The van der Waals surface area contributed by atoms with Gasteiger partial charge in [-0.25, -0.2) is 0 Å². The van der Waals surface area contributed by atoms with Crippen LogP contribution in [0.5, 0.6) is 5.75 Å². The molecule has 0 aliphatic carbocycles. The van der Waals surface area contributed by atoms with E-state index < -0.39 is 0 Å². The number of aliphatic imine (C=N–C) groups is 1. The first kappa shape index (κ1) is 19.3. The van der Waals surface area contributed by atoms with Crippen LogP contribution >= 0.6 is 23.4 Å². The summed E-state index contributed by atoms with van der Waals surface area (Å²) in [7, 11) is 1.83. The van der Waals surface area contributed by atoms with Crippen LogP contribution in [0, 0.1) is 6.92 Å². The van der Waals surface area contributed by atoms with Gasteiger partial charge in [-0.1, -0.05) is 47.6 Å². The number of hydrogen-bond acceptors (Lipinski definition) is 6. The van der Waals surface area contributed by atoms with E-state index in [9.17, 15) is 4.79 Å². The molecule has 1 aliphatic rings. The maximum atomic E-state index is 12.2. The molecule has 1 amide bonds. The Balaban J connectivity index is 1.59. The van der Waals surface area contributed by atoms with E-state index >= 15 is 0 Å². The summed E-state index contributed by atoms with van der Waals surface area (Å²) in [6.07, 6.45) is 0. The second kappa shape index (κ2) is 8.92. The van der Waals surface area contributed by atoms with Gasteiger partial charge >= 0.3 is 0 Å². The summed E-state index contributed by atoms with van der Waals surface area (Å²) in [4.78, 5) is 16.7. The van der Waals surface area contributed by atoms with Crippen molar-refractivity contribution in [2.45, 2.75) is 6.92 Å². The number of amides is 1. The van der Waals surface area contributed by atoms with Crippen LogP contribution in [0.4, 0.5) is 5.69 Å². The molecule has 0 aromatic heterocycles. The minimum absolute atomic E-state index is 0.151. The molecule has 1 aliphatic heterocycles. The minimum Gasteiger partial charge on any atom is -0.441 e. The molecule has 3 rings (SSSR count). The largest absolute Gasteiger partial charge is 0.441 e. The van der Waals surface area contributed by atoms with Crippen molar-refractivity contribution >= 4 is 46.0 Å². The van der Waals surface area contributed by atoms with Crippen molar-refractivity contribution < 1.29 is 9.53 Å². The van der Waals surface area contributed by atoms with Crippen LogP contribution in [0.25, 0.3) is 0 Å². The SMILES string of the molecule is Cc1c(Cl)cccc1NC(=O)CSC1=NN(C)CC(Oc2ccccc2)=N1. The normalized spacial score (nSPS) is 13.7. The van der Waals surface area contributed by atoms with Crippen LogP contribution in [-0.4, -0.2) is 41.3 Å². The van der Waals surface area contributed by atoms with E-state index in [1.807, 2.05) is 50.4 Å². The van der Waals surface area contributed by atoms with Gasteiger partial charge < -0.3 is 10.1 Å². The molecule has 0 atom stereocenters. The lowest BCUT2D eigenvalue weighted by atomic mass is 10.2. The Hall–Kier alpha value is -2.51. The smallest absolute Gasteiger partial charge is 0.234 e. The number of hydrogen-bond donors (Lipinski definition) is 1. The Labute approximate surface area is 167 Å². The molecular weight excluding hydrogens is 384 g/mol. The number of para-hydroxylation sites is 1. The highest BCUT2D eigenvalue weighted by atomic mass is 35.5. The number of carbonyl (C=O) groups excluding carboxylic acids is 1. The summed E-state index contributed by atoms with van der Waals surface area (Å²) >= 11 is 7.33. The van der Waals surface area contributed by atoms with E-state index in [1.54, 1.807) is 17.1 Å². The van der Waals surface area contributed by atoms with E-state index in [0.29, 0.717) is 34.1 Å². The number of halogens is 1. The summed E-state index contributed by atoms with van der Waals surface area (Å²) < 4.78 is 5.79. The van der Waals surface area contributed by atoms with E-state index in [4.69, 9.17) is 16.3 Å². The van der Waals surface area contributed by atoms with Gasteiger partial charge in [-0.15, -0.1) is 5.10 Å². The zero-order valence-electron chi connectivity index (χ0n) is 15.0. The average molecular weight is 403 g/mol. The summed E-state index contributed by atoms with van der Waals surface area (Å²) in [5.74, 6) is 1.28. The van der Waals surface area contributed by atoms with Crippen LogP contribution in [-0.2, 0) is 4.79 Å². The molecule has 0 spiro atoms. The predicted molar refractivity (Wildman–Crippen MR) is 112 cm³/mol. The lowest BCUT2D eigenvalue weighted by molar-refractivity contribution is -0.113. The molecule has 0 bridgehead atoms. The standard InChI is InChI=1S/C19H19ClN4O2S/c1-13-15(20)9-6-10-16(13)21-17(25)12-27-19-22-18(11-24(2)23-19)26-14-7-4-3-5-8-14/h3-10H,11-12H2,1-2H3,(H,21,25). The second-order valence-corrected chi connectivity index (χ2v) is 7.22. The first-order chi connectivity index (χ1) is 13.0. The maximum absolute atomic E-state index is 12.2. The number of rotatable bonds is 4. The zero-order valence-corrected chi connectivity index (χ0v) is 16.5. The molecule has 0 radical (unpaired) electrons. The molecule has 0 unspecified atom stereocenters. The van der Waals surface area contributed by atoms with Crippen LogP contribution in [0.15, 0.2) is 58.6 Å². The molecule has 6 nitrogen and oxygen atoms in total. The minimum atomic E-state index is -0.151. The second-order valence-electron chi connectivity index (χ2n) is 5.87. The molecule has 140 valence electrons. The van der Waals surface area contributed by atoms with Gasteiger partial charge in [-0.05, 0) is 36.8 Å². The molecule has 0 fully saturated rings. The predicted octanol–water partition coefficient (Wildman–Crippen LogP) is 4.01. The van der Waals surface area contributed by atoms with Crippen LogP contribution in [0.1, 0.15) is 5.56 Å². The number of thioether (sulfide) groups is 1. The van der Waals surface area contributed by atoms with Gasteiger partial charge in [0.2, 0.25) is 17.0 Å². The highest BCUT2D eigenvalue weighted by Gasteiger charge is 2.16. The average Bonchev–Trinajstić information content (AvgIpc) is 2.64. The Kier molecular flexibility index (Phi) is 6.36. The Bertz CT molecular complexity index is 887. The molecule has 0 saturated carbocycles. The molecule has 1 heterocycles. The molecule has 1 N–H and O–H groups in total. The monoisotopic (exact) mass is 402 g/mol. The molecular formula is C19H19ClN4O2S. The van der Waals surface area contributed by atoms with Crippen molar-refractivity contribution in [3.63, 3.8) is 0 Å². The Morgan fingerprint density at radius 3 is 2.81 bits per heavy atom. The summed E-state index contributed by atoms with van der Waals surface area (Å²) in [5.41, 5.74) is 1.54. The maximum Gasteiger partial charge on any atom is 0.234 e. The molecule has 8 heteroatoms. The van der Waals surface area contributed by atoms with Crippen molar-refractivity contribution in [2.24, 2.45) is 10.1 Å². The number of ether oxygens (including phenoxy) is 1. The lowest BCUT2D eigenvalue weighted by Crippen LogP contribution is -2.31. The highest BCUT2D eigenvalue weighted by Crippen LogP contribution is 2.23. The Morgan fingerprint density at radius 2 is 2.04 bits per heavy atom. The van der Waals surface area contributed by atoms with E-state index in [0.717, 1.165) is 5.56 Å². The summed E-state index contributed by atoms with van der Waals surface area (Å²) in [6, 6.07) is 14.9. The van der Waals surface area contributed by atoms with E-state index in [-0.39, 0.29) is 11.7 Å². The third-order valence-electron chi connectivity index (χ3n) is 3.69. The van der Waals surface area contributed by atoms with Crippen molar-refractivity contribution in [1.29, 1.82) is 0 Å². The number of benzene rings is 2. The molecule has 27 heavy (non-hydrogen) atoms. The van der Waals surface area contributed by atoms with Gasteiger partial charge in [-0.3, -0.25) is 9.80 Å². The third-order valence-corrected chi connectivity index (χ3v) is 4.94. The van der Waals surface area contributed by atoms with Gasteiger partial charge in [0.15, 0.2) is 0 Å². The fraction of sp³-hybridized carbons (Fsp3) is 0.211. The first-order valence-corrected chi connectivity index (χ1v) is 9.65. The number of amidine groups is 1. The van der Waals surface area contributed by atoms with Crippen LogP contribution in [0.2, 0.25) is 5.02 Å². The van der Waals surface area contributed by atoms with Gasteiger partial charge in [-0.2, -0.15) is 4.99 Å². The van der Waals surface area contributed by atoms with Gasteiger partial charge in [0, 0.05) is 17.8 Å². The number of carbonyl (C=O) groups is 1. The van der Waals surface area contributed by atoms with Gasteiger partial charge in [0.05, 0.1) is 5.75 Å². The number of nitrogens with one attached hydrogen (secondary N) is 1. The molecule has 0 saturated heterocycles. The van der Waals surface area contributed by atoms with Crippen LogP contribution in [0.3, 0.4) is 0 Å². The number of anilines is 1. The van der Waals surface area contributed by atoms with Crippen molar-refractivity contribution in [3.8, 4) is 5.75 Å². The fourth-order valence-corrected chi connectivity index (χ4v) is 3.21. The quantitative estimate of drug-likeness (QED) is 0.838. The van der Waals surface area contributed by atoms with Crippen molar-refractivity contribution in [3.05, 3.63) is 59.1 Å². The number of nitrogens with zero attached hydrogens (tertiary/aromatic N) is 3. The fourth-order valence-electron chi connectivity index (χ4n) is 2.34. The summed E-state index contributed by atoms with van der Waals surface area (Å²) in [5, 5.41) is 10.0. The first-order valence-electron chi connectivity index (χ1n) is 8.29. The number of likely N-dealkylation sites (N-methyl/N-ethyl adjacent to an activating group) is 1. The number of hydrazone groups is 1. The van der Waals surface area contributed by atoms with Gasteiger partial charge in [0.25, 0.3) is 0 Å². The lowest BCUT2D eigenvalue weighted by Gasteiger charge is -2.20. The Morgan fingerprint density at radius 1 is 1.26 bits per heavy atom.